The fourth-order valence-corrected chi connectivity index (χ4v) is 6.72. The molecule has 164 valence electrons. The number of rotatable bonds is 5. The molecule has 9 heteroatoms. The van der Waals surface area contributed by atoms with Crippen LogP contribution >= 0.6 is 23.7 Å². The number of nitrogens with zero attached hydrogens (tertiary/aromatic N) is 3. The average molecular weight is 470 g/mol. The van der Waals surface area contributed by atoms with Crippen LogP contribution in [0.15, 0.2) is 52.1 Å². The number of hydrogen-bond donors (Lipinski definition) is 0. The summed E-state index contributed by atoms with van der Waals surface area (Å²) < 4.78 is 27.2. The van der Waals surface area contributed by atoms with E-state index in [0.717, 1.165) is 32.7 Å². The maximum atomic E-state index is 12.9. The minimum atomic E-state index is -3.41. The number of hydrogen-bond acceptors (Lipinski definition) is 5. The summed E-state index contributed by atoms with van der Waals surface area (Å²) in [6.45, 7) is 5.02. The van der Waals surface area contributed by atoms with Crippen LogP contribution in [0.25, 0.3) is 0 Å². The highest BCUT2D eigenvalue weighted by Gasteiger charge is 2.34. The van der Waals surface area contributed by atoms with E-state index in [1.165, 1.54) is 21.2 Å². The number of benzene rings is 1. The number of carbonyl (C=O) groups excluding carboxylic acids is 1. The minimum absolute atomic E-state index is 0. The molecule has 30 heavy (non-hydrogen) atoms. The van der Waals surface area contributed by atoms with Crippen molar-refractivity contribution in [2.45, 2.75) is 23.6 Å². The number of thiophene rings is 1. The zero-order chi connectivity index (χ0) is 20.3. The van der Waals surface area contributed by atoms with Gasteiger partial charge in [0.25, 0.3) is 10.0 Å². The molecule has 0 bridgehead atoms. The summed E-state index contributed by atoms with van der Waals surface area (Å²) >= 11 is 1.24. The Labute approximate surface area is 188 Å². The van der Waals surface area contributed by atoms with E-state index in [9.17, 15) is 13.2 Å². The molecule has 0 aliphatic carbocycles. The van der Waals surface area contributed by atoms with Crippen molar-refractivity contribution < 1.29 is 13.2 Å². The zero-order valence-electron chi connectivity index (χ0n) is 16.9. The third-order valence-electron chi connectivity index (χ3n) is 5.83. The summed E-state index contributed by atoms with van der Waals surface area (Å²) in [5.41, 5.74) is 1.30. The highest BCUT2D eigenvalue weighted by Crippen LogP contribution is 2.27. The summed E-state index contributed by atoms with van der Waals surface area (Å²) in [6, 6.07) is 13.8. The Kier molecular flexibility index (Phi) is 7.92. The van der Waals surface area contributed by atoms with Crippen molar-refractivity contribution in [2.75, 3.05) is 39.3 Å². The van der Waals surface area contributed by atoms with Gasteiger partial charge in [0.15, 0.2) is 0 Å². The number of amides is 1. The Morgan fingerprint density at radius 2 is 1.60 bits per heavy atom. The van der Waals surface area contributed by atoms with Crippen LogP contribution in [0.5, 0.6) is 0 Å². The maximum Gasteiger partial charge on any atom is 0.252 e. The molecule has 2 fully saturated rings. The first-order valence-electron chi connectivity index (χ1n) is 10.1. The summed E-state index contributed by atoms with van der Waals surface area (Å²) in [5, 5.41) is 1.78. The lowest BCUT2D eigenvalue weighted by Crippen LogP contribution is -2.51. The second kappa shape index (κ2) is 10.2. The van der Waals surface area contributed by atoms with Crippen LogP contribution in [0.3, 0.4) is 0 Å². The predicted molar refractivity (Wildman–Crippen MR) is 121 cm³/mol. The lowest BCUT2D eigenvalue weighted by Gasteiger charge is -2.38. The van der Waals surface area contributed by atoms with Crippen molar-refractivity contribution in [3.05, 3.63) is 53.4 Å². The lowest BCUT2D eigenvalue weighted by atomic mass is 9.96. The van der Waals surface area contributed by atoms with Crippen molar-refractivity contribution >= 4 is 39.7 Å². The topological polar surface area (TPSA) is 60.9 Å². The lowest BCUT2D eigenvalue weighted by molar-refractivity contribution is -0.138. The molecular weight excluding hydrogens is 442 g/mol. The second-order valence-corrected chi connectivity index (χ2v) is 10.8. The molecule has 0 saturated carbocycles. The Bertz CT molecular complexity index is 906. The summed E-state index contributed by atoms with van der Waals surface area (Å²) in [5.74, 6) is 0.128. The van der Waals surface area contributed by atoms with Gasteiger partial charge in [-0.3, -0.25) is 9.69 Å². The Morgan fingerprint density at radius 3 is 2.20 bits per heavy atom. The first kappa shape index (κ1) is 23.2. The van der Waals surface area contributed by atoms with Crippen LogP contribution < -0.4 is 0 Å². The van der Waals surface area contributed by atoms with Crippen LogP contribution in [0.2, 0.25) is 0 Å². The molecular formula is C21H28ClN3O3S2. The van der Waals surface area contributed by atoms with Gasteiger partial charge in [-0.05, 0) is 29.9 Å². The van der Waals surface area contributed by atoms with E-state index in [2.05, 4.69) is 29.2 Å². The van der Waals surface area contributed by atoms with E-state index < -0.39 is 10.0 Å². The first-order valence-corrected chi connectivity index (χ1v) is 12.4. The van der Waals surface area contributed by atoms with Crippen LogP contribution in [0.1, 0.15) is 18.4 Å². The molecule has 3 heterocycles. The van der Waals surface area contributed by atoms with E-state index in [4.69, 9.17) is 0 Å². The van der Waals surface area contributed by atoms with Gasteiger partial charge in [0.2, 0.25) is 5.91 Å². The molecule has 0 atom stereocenters. The normalized spacial score (nSPS) is 19.4. The van der Waals surface area contributed by atoms with Gasteiger partial charge in [0.05, 0.1) is 0 Å². The summed E-state index contributed by atoms with van der Waals surface area (Å²) in [7, 11) is -3.41. The van der Waals surface area contributed by atoms with Gasteiger partial charge in [0.1, 0.15) is 4.21 Å². The number of halogens is 1. The van der Waals surface area contributed by atoms with Crippen LogP contribution in [0.4, 0.5) is 0 Å². The molecule has 4 rings (SSSR count). The fraction of sp³-hybridized carbons (Fsp3) is 0.476. The molecule has 2 aliphatic heterocycles. The van der Waals surface area contributed by atoms with Crippen molar-refractivity contribution in [3.8, 4) is 0 Å². The molecule has 0 spiro atoms. The van der Waals surface area contributed by atoms with Crippen molar-refractivity contribution in [1.29, 1.82) is 0 Å². The highest BCUT2D eigenvalue weighted by molar-refractivity contribution is 7.91. The number of carbonyl (C=O) groups is 1. The highest BCUT2D eigenvalue weighted by atomic mass is 35.5. The maximum absolute atomic E-state index is 12.9. The van der Waals surface area contributed by atoms with E-state index >= 15 is 0 Å². The van der Waals surface area contributed by atoms with Gasteiger partial charge in [-0.15, -0.1) is 23.7 Å². The van der Waals surface area contributed by atoms with E-state index in [1.807, 2.05) is 11.0 Å². The van der Waals surface area contributed by atoms with Crippen molar-refractivity contribution in [3.63, 3.8) is 0 Å². The number of piperidine rings is 1. The Morgan fingerprint density at radius 1 is 0.933 bits per heavy atom. The van der Waals surface area contributed by atoms with Gasteiger partial charge < -0.3 is 4.90 Å². The molecule has 2 aliphatic rings. The third kappa shape index (κ3) is 5.23. The molecule has 0 radical (unpaired) electrons. The fourth-order valence-electron chi connectivity index (χ4n) is 4.11. The monoisotopic (exact) mass is 469 g/mol. The van der Waals surface area contributed by atoms with Crippen LogP contribution in [0, 0.1) is 5.92 Å². The minimum Gasteiger partial charge on any atom is -0.340 e. The molecule has 2 aromatic rings. The van der Waals surface area contributed by atoms with Gasteiger partial charge in [-0.1, -0.05) is 36.4 Å². The zero-order valence-corrected chi connectivity index (χ0v) is 19.3. The van der Waals surface area contributed by atoms with Crippen LogP contribution in [-0.2, 0) is 21.4 Å². The van der Waals surface area contributed by atoms with Gasteiger partial charge in [-0.2, -0.15) is 4.31 Å². The molecule has 0 N–H and O–H groups in total. The predicted octanol–water partition coefficient (Wildman–Crippen LogP) is 2.92. The largest absolute Gasteiger partial charge is 0.340 e. The Balaban J connectivity index is 0.00000256. The van der Waals surface area contributed by atoms with Gasteiger partial charge in [0, 0.05) is 51.7 Å². The molecule has 1 aromatic heterocycles. The molecule has 6 nitrogen and oxygen atoms in total. The SMILES string of the molecule is Cl.O=C(C1CCN(S(=O)(=O)c2cccs2)CC1)N1CCN(Cc2ccccc2)CC1. The quantitative estimate of drug-likeness (QED) is 0.675. The van der Waals surface area contributed by atoms with Gasteiger partial charge in [-0.25, -0.2) is 8.42 Å². The van der Waals surface area contributed by atoms with Gasteiger partial charge >= 0.3 is 0 Å². The van der Waals surface area contributed by atoms with E-state index in [1.54, 1.807) is 17.5 Å². The van der Waals surface area contributed by atoms with Crippen molar-refractivity contribution in [2.24, 2.45) is 5.92 Å². The van der Waals surface area contributed by atoms with E-state index in [0.29, 0.717) is 30.1 Å². The molecule has 0 unspecified atom stereocenters. The van der Waals surface area contributed by atoms with Crippen LogP contribution in [-0.4, -0.2) is 67.7 Å². The first-order chi connectivity index (χ1) is 14.0. The number of piperazine rings is 1. The standard InChI is InChI=1S/C21H27N3O3S2.ClH/c25-21(23-14-12-22(13-15-23)17-18-5-2-1-3-6-18)19-8-10-24(11-9-19)29(26,27)20-7-4-16-28-20;/h1-7,16,19H,8-15,17H2;1H. The van der Waals surface area contributed by atoms with Crippen molar-refractivity contribution in [1.82, 2.24) is 14.1 Å². The smallest absolute Gasteiger partial charge is 0.252 e. The molecule has 1 aromatic carbocycles. The summed E-state index contributed by atoms with van der Waals surface area (Å²) in [4.78, 5) is 17.3. The second-order valence-electron chi connectivity index (χ2n) is 7.70. The molecule has 2 saturated heterocycles. The Hall–Kier alpha value is -1.45. The number of sulfonamides is 1. The molecule has 1 amide bonds. The average Bonchev–Trinajstić information content (AvgIpc) is 3.31. The van der Waals surface area contributed by atoms with E-state index in [-0.39, 0.29) is 24.2 Å². The third-order valence-corrected chi connectivity index (χ3v) is 9.10. The summed E-state index contributed by atoms with van der Waals surface area (Å²) in [6.07, 6.45) is 1.21.